The van der Waals surface area contributed by atoms with Gasteiger partial charge in [-0.05, 0) is 18.6 Å². The molecular formula is C12H12N2O6. The summed E-state index contributed by atoms with van der Waals surface area (Å²) in [6, 6.07) is 4.86. The fraction of sp³-hybridized carbons (Fsp3) is 0.333. The van der Waals surface area contributed by atoms with Crippen LogP contribution in [-0.4, -0.2) is 29.6 Å². The Hall–Kier alpha value is -2.64. The molecule has 106 valence electrons. The molecule has 1 aromatic carbocycles. The Morgan fingerprint density at radius 1 is 1.40 bits per heavy atom. The van der Waals surface area contributed by atoms with Crippen molar-refractivity contribution in [3.05, 3.63) is 34.4 Å². The van der Waals surface area contributed by atoms with Crippen molar-refractivity contribution in [2.75, 3.05) is 6.61 Å². The first kappa shape index (κ1) is 13.8. The van der Waals surface area contributed by atoms with Gasteiger partial charge < -0.3 is 14.8 Å². The number of non-ortho nitro benzene ring substituents is 1. The highest BCUT2D eigenvalue weighted by Gasteiger charge is 2.22. The van der Waals surface area contributed by atoms with Crippen LogP contribution in [0.2, 0.25) is 0 Å². The van der Waals surface area contributed by atoms with Crippen molar-refractivity contribution >= 4 is 17.7 Å². The first-order chi connectivity index (χ1) is 9.54. The first-order valence-electron chi connectivity index (χ1n) is 5.93. The quantitative estimate of drug-likeness (QED) is 0.386. The Labute approximate surface area is 113 Å². The summed E-state index contributed by atoms with van der Waals surface area (Å²) >= 11 is 0. The van der Waals surface area contributed by atoms with Gasteiger partial charge in [0.25, 0.3) is 5.69 Å². The van der Waals surface area contributed by atoms with E-state index in [2.05, 4.69) is 5.32 Å². The maximum absolute atomic E-state index is 11.4. The lowest BCUT2D eigenvalue weighted by atomic mass is 10.2. The van der Waals surface area contributed by atoms with Crippen molar-refractivity contribution in [2.24, 2.45) is 0 Å². The molecule has 0 spiro atoms. The van der Waals surface area contributed by atoms with E-state index in [0.717, 1.165) is 0 Å². The summed E-state index contributed by atoms with van der Waals surface area (Å²) in [4.78, 5) is 32.2. The van der Waals surface area contributed by atoms with E-state index in [-0.39, 0.29) is 30.0 Å². The number of carbonyl (C=O) groups is 2. The van der Waals surface area contributed by atoms with Crippen molar-refractivity contribution in [1.29, 1.82) is 0 Å². The largest absolute Gasteiger partial charge is 0.513 e. The third-order valence-electron chi connectivity index (χ3n) is 2.74. The van der Waals surface area contributed by atoms with Gasteiger partial charge in [-0.15, -0.1) is 0 Å². The van der Waals surface area contributed by atoms with Crippen LogP contribution in [0.1, 0.15) is 12.8 Å². The number of rotatable bonds is 4. The number of amides is 1. The molecule has 0 aromatic heterocycles. The summed E-state index contributed by atoms with van der Waals surface area (Å²) in [6.45, 7) is 0.0392. The molecule has 0 bridgehead atoms. The second-order valence-corrected chi connectivity index (χ2v) is 4.22. The topological polar surface area (TPSA) is 108 Å². The highest BCUT2D eigenvalue weighted by atomic mass is 16.7. The molecular weight excluding hydrogens is 268 g/mol. The zero-order chi connectivity index (χ0) is 14.5. The summed E-state index contributed by atoms with van der Waals surface area (Å²) < 4.78 is 9.69. The number of ether oxygens (including phenoxy) is 2. The molecule has 1 heterocycles. The minimum absolute atomic E-state index is 0.0392. The SMILES string of the molecule is O=C1CCC(COC(=O)Oc2ccc([N+](=O)[O-])cc2)N1. The molecule has 8 nitrogen and oxygen atoms in total. The van der Waals surface area contributed by atoms with Gasteiger partial charge in [0.15, 0.2) is 0 Å². The molecule has 1 aliphatic heterocycles. The molecule has 1 atom stereocenters. The van der Waals surface area contributed by atoms with E-state index in [0.29, 0.717) is 12.8 Å². The average Bonchev–Trinajstić information content (AvgIpc) is 2.83. The number of benzene rings is 1. The van der Waals surface area contributed by atoms with Crippen molar-refractivity contribution in [3.63, 3.8) is 0 Å². The van der Waals surface area contributed by atoms with Gasteiger partial charge in [0.05, 0.1) is 11.0 Å². The van der Waals surface area contributed by atoms with Crippen molar-refractivity contribution in [2.45, 2.75) is 18.9 Å². The second-order valence-electron chi connectivity index (χ2n) is 4.22. The van der Waals surface area contributed by atoms with Gasteiger partial charge in [-0.25, -0.2) is 4.79 Å². The van der Waals surface area contributed by atoms with Crippen LogP contribution in [0.4, 0.5) is 10.5 Å². The predicted molar refractivity (Wildman–Crippen MR) is 66.2 cm³/mol. The number of nitro benzene ring substituents is 1. The number of nitrogens with zero attached hydrogens (tertiary/aromatic N) is 1. The van der Waals surface area contributed by atoms with Gasteiger partial charge in [-0.3, -0.25) is 14.9 Å². The van der Waals surface area contributed by atoms with E-state index in [1.54, 1.807) is 0 Å². The number of nitrogens with one attached hydrogen (secondary N) is 1. The highest BCUT2D eigenvalue weighted by Crippen LogP contribution is 2.17. The molecule has 2 rings (SSSR count). The number of hydrogen-bond acceptors (Lipinski definition) is 6. The van der Waals surface area contributed by atoms with Crippen LogP contribution in [0.15, 0.2) is 24.3 Å². The lowest BCUT2D eigenvalue weighted by molar-refractivity contribution is -0.384. The third-order valence-corrected chi connectivity index (χ3v) is 2.74. The predicted octanol–water partition coefficient (Wildman–Crippen LogP) is 1.39. The maximum Gasteiger partial charge on any atom is 0.513 e. The van der Waals surface area contributed by atoms with Crippen molar-refractivity contribution < 1.29 is 24.0 Å². The summed E-state index contributed by atoms with van der Waals surface area (Å²) in [5, 5.41) is 13.1. The molecule has 1 fully saturated rings. The summed E-state index contributed by atoms with van der Waals surface area (Å²) in [5.74, 6) is 0.0818. The summed E-state index contributed by atoms with van der Waals surface area (Å²) in [6.07, 6.45) is 0.120. The first-order valence-corrected chi connectivity index (χ1v) is 5.93. The Morgan fingerprint density at radius 2 is 2.10 bits per heavy atom. The zero-order valence-electron chi connectivity index (χ0n) is 10.4. The minimum atomic E-state index is -0.917. The minimum Gasteiger partial charge on any atom is -0.432 e. The Kier molecular flexibility index (Phi) is 4.14. The molecule has 1 saturated heterocycles. The van der Waals surface area contributed by atoms with Gasteiger partial charge in [0.1, 0.15) is 12.4 Å². The lowest BCUT2D eigenvalue weighted by Gasteiger charge is -2.10. The van der Waals surface area contributed by atoms with Crippen LogP contribution in [0.25, 0.3) is 0 Å². The van der Waals surface area contributed by atoms with Crippen LogP contribution in [-0.2, 0) is 9.53 Å². The maximum atomic E-state index is 11.4. The van der Waals surface area contributed by atoms with Crippen molar-refractivity contribution in [1.82, 2.24) is 5.32 Å². The fourth-order valence-corrected chi connectivity index (χ4v) is 1.73. The van der Waals surface area contributed by atoms with Gasteiger partial charge >= 0.3 is 6.16 Å². The molecule has 8 heteroatoms. The molecule has 1 aliphatic rings. The number of hydrogen-bond donors (Lipinski definition) is 1. The van der Waals surface area contributed by atoms with Crippen molar-refractivity contribution in [3.8, 4) is 5.75 Å². The third kappa shape index (κ3) is 3.67. The molecule has 20 heavy (non-hydrogen) atoms. The summed E-state index contributed by atoms with van der Waals surface area (Å²) in [7, 11) is 0. The zero-order valence-corrected chi connectivity index (χ0v) is 10.4. The van der Waals surface area contributed by atoms with Crippen LogP contribution < -0.4 is 10.1 Å². The molecule has 1 unspecified atom stereocenters. The van der Waals surface area contributed by atoms with Gasteiger partial charge in [-0.2, -0.15) is 0 Å². The molecule has 1 N–H and O–H groups in total. The highest BCUT2D eigenvalue weighted by molar-refractivity contribution is 5.78. The summed E-state index contributed by atoms with van der Waals surface area (Å²) in [5.41, 5.74) is -0.0978. The second kappa shape index (κ2) is 6.00. The normalized spacial score (nSPS) is 17.4. The molecule has 0 aliphatic carbocycles. The number of nitro groups is 1. The van der Waals surface area contributed by atoms with E-state index in [1.165, 1.54) is 24.3 Å². The fourth-order valence-electron chi connectivity index (χ4n) is 1.73. The molecule has 1 amide bonds. The van der Waals surface area contributed by atoms with Gasteiger partial charge in [-0.1, -0.05) is 0 Å². The van der Waals surface area contributed by atoms with Crippen LogP contribution in [0.5, 0.6) is 5.75 Å². The van der Waals surface area contributed by atoms with E-state index in [9.17, 15) is 19.7 Å². The van der Waals surface area contributed by atoms with Crippen LogP contribution in [0, 0.1) is 10.1 Å². The number of carbonyl (C=O) groups excluding carboxylic acids is 2. The lowest BCUT2D eigenvalue weighted by Crippen LogP contribution is -2.31. The van der Waals surface area contributed by atoms with Crippen LogP contribution in [0.3, 0.4) is 0 Å². The van der Waals surface area contributed by atoms with Gasteiger partial charge in [0.2, 0.25) is 5.91 Å². The Balaban J connectivity index is 1.79. The Morgan fingerprint density at radius 3 is 2.65 bits per heavy atom. The molecule has 0 saturated carbocycles. The standard InChI is InChI=1S/C12H12N2O6/c15-11-6-1-8(13-11)7-19-12(16)20-10-4-2-9(3-5-10)14(17)18/h2-5,8H,1,6-7H2,(H,13,15). The van der Waals surface area contributed by atoms with Crippen LogP contribution >= 0.6 is 0 Å². The monoisotopic (exact) mass is 280 g/mol. The Bertz CT molecular complexity index is 527. The van der Waals surface area contributed by atoms with E-state index in [1.807, 2.05) is 0 Å². The van der Waals surface area contributed by atoms with Gasteiger partial charge in [0, 0.05) is 18.6 Å². The smallest absolute Gasteiger partial charge is 0.432 e. The molecule has 1 aromatic rings. The van der Waals surface area contributed by atoms with E-state index >= 15 is 0 Å². The molecule has 0 radical (unpaired) electrons. The van der Waals surface area contributed by atoms with E-state index in [4.69, 9.17) is 9.47 Å². The average molecular weight is 280 g/mol. The van der Waals surface area contributed by atoms with E-state index < -0.39 is 11.1 Å².